The summed E-state index contributed by atoms with van der Waals surface area (Å²) >= 11 is 0. The number of carbonyl (C=O) groups is 1. The molecule has 0 heterocycles. The lowest BCUT2D eigenvalue weighted by molar-refractivity contribution is -0.137. The minimum Gasteiger partial charge on any atom is -0.487 e. The average molecular weight is 473 g/mol. The van der Waals surface area contributed by atoms with Crippen LogP contribution in [0, 0.1) is 0 Å². The monoisotopic (exact) mass is 473 g/mol. The number of halogens is 3. The third kappa shape index (κ3) is 6.99. The van der Waals surface area contributed by atoms with E-state index in [-0.39, 0.29) is 12.4 Å². The molecule has 9 heteroatoms. The van der Waals surface area contributed by atoms with Gasteiger partial charge in [-0.3, -0.25) is 0 Å². The first kappa shape index (κ1) is 24.6. The second-order valence-electron chi connectivity index (χ2n) is 7.15. The Morgan fingerprint density at radius 1 is 0.912 bits per heavy atom. The van der Waals surface area contributed by atoms with Gasteiger partial charge in [0, 0.05) is 5.56 Å². The lowest BCUT2D eigenvalue weighted by atomic mass is 10.1. The fourth-order valence-electron chi connectivity index (χ4n) is 2.86. The van der Waals surface area contributed by atoms with Crippen molar-refractivity contribution in [1.29, 1.82) is 0 Å². The number of benzene rings is 3. The number of para-hydroxylation sites is 1. The zero-order valence-electron chi connectivity index (χ0n) is 18.2. The Morgan fingerprint density at radius 2 is 1.62 bits per heavy atom. The molecular weight excluding hydrogens is 451 g/mol. The molecule has 0 amide bonds. The highest BCUT2D eigenvalue weighted by molar-refractivity contribution is 6.01. The van der Waals surface area contributed by atoms with Crippen LogP contribution in [0.1, 0.15) is 34.8 Å². The SMILES string of the molecule is CCCO/N=C(\COc1cc(C(=O)O)cc(C(F)(F)F)c1)c1cccc(Oc2ccccc2)c1. The van der Waals surface area contributed by atoms with Crippen LogP contribution >= 0.6 is 0 Å². The molecule has 0 fully saturated rings. The predicted octanol–water partition coefficient (Wildman–Crippen LogP) is 6.41. The molecule has 0 saturated heterocycles. The lowest BCUT2D eigenvalue weighted by Crippen LogP contribution is -2.15. The van der Waals surface area contributed by atoms with Crippen LogP contribution in [-0.2, 0) is 11.0 Å². The van der Waals surface area contributed by atoms with Gasteiger partial charge in [-0.05, 0) is 48.9 Å². The smallest absolute Gasteiger partial charge is 0.416 e. The second-order valence-corrected chi connectivity index (χ2v) is 7.15. The van der Waals surface area contributed by atoms with Gasteiger partial charge in [0.15, 0.2) is 0 Å². The summed E-state index contributed by atoms with van der Waals surface area (Å²) in [4.78, 5) is 16.6. The molecule has 0 unspecified atom stereocenters. The Kier molecular flexibility index (Phi) is 8.13. The molecule has 0 aliphatic carbocycles. The molecule has 0 atom stereocenters. The van der Waals surface area contributed by atoms with Gasteiger partial charge in [-0.15, -0.1) is 0 Å². The van der Waals surface area contributed by atoms with Gasteiger partial charge in [0.1, 0.15) is 36.2 Å². The Morgan fingerprint density at radius 3 is 2.29 bits per heavy atom. The highest BCUT2D eigenvalue weighted by Crippen LogP contribution is 2.33. The maximum Gasteiger partial charge on any atom is 0.416 e. The van der Waals surface area contributed by atoms with E-state index in [1.807, 2.05) is 25.1 Å². The molecule has 0 aliphatic heterocycles. The van der Waals surface area contributed by atoms with Crippen LogP contribution in [-0.4, -0.2) is 30.0 Å². The number of nitrogens with zero attached hydrogens (tertiary/aromatic N) is 1. The number of carboxylic acids is 1. The van der Waals surface area contributed by atoms with Gasteiger partial charge in [-0.1, -0.05) is 42.4 Å². The third-order valence-corrected chi connectivity index (χ3v) is 4.47. The summed E-state index contributed by atoms with van der Waals surface area (Å²) in [5.74, 6) is -0.616. The van der Waals surface area contributed by atoms with Crippen molar-refractivity contribution < 1.29 is 37.4 Å². The van der Waals surface area contributed by atoms with Crippen molar-refractivity contribution >= 4 is 11.7 Å². The molecular formula is C25H22F3NO5. The van der Waals surface area contributed by atoms with E-state index in [9.17, 15) is 18.0 Å². The van der Waals surface area contributed by atoms with Crippen LogP contribution in [0.25, 0.3) is 0 Å². The maximum atomic E-state index is 13.2. The zero-order chi connectivity index (χ0) is 24.6. The maximum absolute atomic E-state index is 13.2. The molecule has 0 aliphatic rings. The van der Waals surface area contributed by atoms with E-state index in [4.69, 9.17) is 19.4 Å². The number of oxime groups is 1. The fraction of sp³-hybridized carbons (Fsp3) is 0.200. The Hall–Kier alpha value is -4.01. The minimum absolute atomic E-state index is 0.257. The molecule has 1 N–H and O–H groups in total. The van der Waals surface area contributed by atoms with Crippen molar-refractivity contribution in [1.82, 2.24) is 0 Å². The summed E-state index contributed by atoms with van der Waals surface area (Å²) in [5.41, 5.74) is -0.804. The Labute approximate surface area is 194 Å². The number of carboxylic acid groups (broad SMARTS) is 1. The number of aromatic carboxylic acids is 1. The van der Waals surface area contributed by atoms with Crippen molar-refractivity contribution in [2.45, 2.75) is 19.5 Å². The number of alkyl halides is 3. The van der Waals surface area contributed by atoms with Gasteiger partial charge >= 0.3 is 12.1 Å². The molecule has 3 rings (SSSR count). The van der Waals surface area contributed by atoms with Crippen LogP contribution in [0.15, 0.2) is 78.0 Å². The molecule has 178 valence electrons. The Balaban J connectivity index is 1.86. The van der Waals surface area contributed by atoms with E-state index < -0.39 is 23.3 Å². The molecule has 6 nitrogen and oxygen atoms in total. The van der Waals surface area contributed by atoms with Crippen LogP contribution in [0.3, 0.4) is 0 Å². The second kappa shape index (κ2) is 11.2. The van der Waals surface area contributed by atoms with Gasteiger partial charge in [0.25, 0.3) is 0 Å². The number of hydrogen-bond acceptors (Lipinski definition) is 5. The predicted molar refractivity (Wildman–Crippen MR) is 120 cm³/mol. The molecule has 34 heavy (non-hydrogen) atoms. The Bertz CT molecular complexity index is 1150. The van der Waals surface area contributed by atoms with Gasteiger partial charge < -0.3 is 19.4 Å². The third-order valence-electron chi connectivity index (χ3n) is 4.47. The fourth-order valence-corrected chi connectivity index (χ4v) is 2.86. The summed E-state index contributed by atoms with van der Waals surface area (Å²) < 4.78 is 50.9. The van der Waals surface area contributed by atoms with Gasteiger partial charge in [0.2, 0.25) is 0 Å². The van der Waals surface area contributed by atoms with Crippen LogP contribution in [0.5, 0.6) is 17.2 Å². The topological polar surface area (TPSA) is 77.4 Å². The lowest BCUT2D eigenvalue weighted by Gasteiger charge is -2.14. The molecule has 0 saturated carbocycles. The molecule has 3 aromatic rings. The van der Waals surface area contributed by atoms with Gasteiger partial charge in [-0.2, -0.15) is 13.2 Å². The van der Waals surface area contributed by atoms with E-state index in [2.05, 4.69) is 5.16 Å². The van der Waals surface area contributed by atoms with Crippen LogP contribution in [0.2, 0.25) is 0 Å². The summed E-state index contributed by atoms with van der Waals surface area (Å²) in [6, 6.07) is 18.3. The van der Waals surface area contributed by atoms with Crippen molar-refractivity contribution in [3.05, 3.63) is 89.5 Å². The van der Waals surface area contributed by atoms with Gasteiger partial charge in [0.05, 0.1) is 11.1 Å². The molecule has 0 bridgehead atoms. The van der Waals surface area contributed by atoms with E-state index in [0.29, 0.717) is 41.9 Å². The summed E-state index contributed by atoms with van der Waals surface area (Å²) in [7, 11) is 0. The van der Waals surface area contributed by atoms with E-state index in [0.717, 1.165) is 12.1 Å². The minimum atomic E-state index is -4.73. The van der Waals surface area contributed by atoms with Crippen LogP contribution in [0.4, 0.5) is 13.2 Å². The highest BCUT2D eigenvalue weighted by atomic mass is 19.4. The van der Waals surface area contributed by atoms with Crippen molar-refractivity contribution in [3.8, 4) is 17.2 Å². The van der Waals surface area contributed by atoms with Crippen LogP contribution < -0.4 is 9.47 Å². The summed E-state index contributed by atoms with van der Waals surface area (Å²) in [6.45, 7) is 1.96. The number of ether oxygens (including phenoxy) is 2. The van der Waals surface area contributed by atoms with Crippen molar-refractivity contribution in [3.63, 3.8) is 0 Å². The highest BCUT2D eigenvalue weighted by Gasteiger charge is 2.32. The summed E-state index contributed by atoms with van der Waals surface area (Å²) in [5, 5.41) is 13.2. The quantitative estimate of drug-likeness (QED) is 0.209. The number of hydrogen-bond donors (Lipinski definition) is 1. The molecule has 0 aromatic heterocycles. The first-order valence-corrected chi connectivity index (χ1v) is 10.4. The van der Waals surface area contributed by atoms with Gasteiger partial charge in [-0.25, -0.2) is 4.79 Å². The van der Waals surface area contributed by atoms with Crippen molar-refractivity contribution in [2.24, 2.45) is 5.16 Å². The molecule has 0 spiro atoms. The normalized spacial score (nSPS) is 11.7. The first-order chi connectivity index (χ1) is 16.3. The van der Waals surface area contributed by atoms with E-state index in [1.54, 1.807) is 36.4 Å². The largest absolute Gasteiger partial charge is 0.487 e. The summed E-state index contributed by atoms with van der Waals surface area (Å²) in [6.07, 6.45) is -4.03. The van der Waals surface area contributed by atoms with E-state index >= 15 is 0 Å². The molecule has 3 aromatic carbocycles. The zero-order valence-corrected chi connectivity index (χ0v) is 18.2. The standard InChI is InChI=1S/C25H22F3NO5/c1-2-11-33-29-23(17-7-6-10-21(13-17)34-20-8-4-3-5-9-20)16-32-22-14-18(24(30)31)12-19(15-22)25(26,27)28/h3-10,12-15H,2,11,16H2,1H3,(H,30,31)/b29-23+. The first-order valence-electron chi connectivity index (χ1n) is 10.4. The number of rotatable bonds is 10. The van der Waals surface area contributed by atoms with Crippen molar-refractivity contribution in [2.75, 3.05) is 13.2 Å². The molecule has 0 radical (unpaired) electrons. The van der Waals surface area contributed by atoms with E-state index in [1.165, 1.54) is 0 Å². The average Bonchev–Trinajstić information content (AvgIpc) is 2.81.